The van der Waals surface area contributed by atoms with Gasteiger partial charge < -0.3 is 5.73 Å². The van der Waals surface area contributed by atoms with Crippen molar-refractivity contribution in [1.82, 2.24) is 0 Å². The lowest BCUT2D eigenvalue weighted by Crippen LogP contribution is -2.19. The molecule has 0 radical (unpaired) electrons. The standard InChI is InChI=1S/C14H21NO2S/c1-11-7-8-14(13(15)9-11)18(16,17)10-12-5-3-2-4-6-12/h7-9,12H,2-6,10,15H2,1H3. The first kappa shape index (κ1) is 13.4. The van der Waals surface area contributed by atoms with Crippen molar-refractivity contribution in [3.05, 3.63) is 23.8 Å². The molecule has 0 amide bonds. The van der Waals surface area contributed by atoms with Crippen LogP contribution in [0.3, 0.4) is 0 Å². The molecular formula is C14H21NO2S. The largest absolute Gasteiger partial charge is 0.398 e. The first-order chi connectivity index (χ1) is 8.49. The van der Waals surface area contributed by atoms with Crippen LogP contribution in [0, 0.1) is 12.8 Å². The second kappa shape index (κ2) is 5.31. The lowest BCUT2D eigenvalue weighted by atomic mass is 9.91. The molecule has 0 atom stereocenters. The van der Waals surface area contributed by atoms with Gasteiger partial charge in [0.2, 0.25) is 0 Å². The Morgan fingerprint density at radius 2 is 1.89 bits per heavy atom. The van der Waals surface area contributed by atoms with Crippen LogP contribution >= 0.6 is 0 Å². The average Bonchev–Trinajstić information content (AvgIpc) is 2.29. The quantitative estimate of drug-likeness (QED) is 0.857. The second-order valence-electron chi connectivity index (χ2n) is 5.33. The Morgan fingerprint density at radius 1 is 1.22 bits per heavy atom. The minimum Gasteiger partial charge on any atom is -0.398 e. The first-order valence-corrected chi connectivity index (χ1v) is 8.23. The van der Waals surface area contributed by atoms with E-state index in [0.29, 0.717) is 16.5 Å². The Kier molecular flexibility index (Phi) is 3.95. The van der Waals surface area contributed by atoms with Crippen molar-refractivity contribution in [2.75, 3.05) is 11.5 Å². The van der Waals surface area contributed by atoms with Gasteiger partial charge in [0.15, 0.2) is 9.84 Å². The highest BCUT2D eigenvalue weighted by Crippen LogP contribution is 2.29. The number of benzene rings is 1. The molecule has 1 aromatic carbocycles. The van der Waals surface area contributed by atoms with E-state index in [0.717, 1.165) is 31.2 Å². The number of sulfone groups is 1. The summed E-state index contributed by atoms with van der Waals surface area (Å²) in [4.78, 5) is 0.304. The second-order valence-corrected chi connectivity index (χ2v) is 7.33. The van der Waals surface area contributed by atoms with Gasteiger partial charge in [0, 0.05) is 0 Å². The number of nitrogens with two attached hydrogens (primary N) is 1. The first-order valence-electron chi connectivity index (χ1n) is 6.58. The van der Waals surface area contributed by atoms with E-state index in [1.807, 2.05) is 13.0 Å². The van der Waals surface area contributed by atoms with Gasteiger partial charge in [0.05, 0.1) is 16.3 Å². The Bertz CT molecular complexity index is 517. The maximum absolute atomic E-state index is 12.4. The molecule has 0 bridgehead atoms. The van der Waals surface area contributed by atoms with E-state index in [9.17, 15) is 8.42 Å². The molecule has 0 spiro atoms. The summed E-state index contributed by atoms with van der Waals surface area (Å²) in [6, 6.07) is 5.18. The molecule has 18 heavy (non-hydrogen) atoms. The molecule has 0 saturated heterocycles. The Labute approximate surface area is 109 Å². The third-order valence-corrected chi connectivity index (χ3v) is 5.63. The maximum atomic E-state index is 12.4. The molecule has 1 aliphatic rings. The van der Waals surface area contributed by atoms with Crippen molar-refractivity contribution < 1.29 is 8.42 Å². The minimum absolute atomic E-state index is 0.250. The molecular weight excluding hydrogens is 246 g/mol. The normalized spacial score (nSPS) is 17.8. The topological polar surface area (TPSA) is 60.2 Å². The van der Waals surface area contributed by atoms with Crippen molar-refractivity contribution in [2.45, 2.75) is 43.9 Å². The van der Waals surface area contributed by atoms with Crippen molar-refractivity contribution in [1.29, 1.82) is 0 Å². The summed E-state index contributed by atoms with van der Waals surface area (Å²) < 4.78 is 24.7. The van der Waals surface area contributed by atoms with Crippen LogP contribution in [0.4, 0.5) is 5.69 Å². The molecule has 0 heterocycles. The number of nitrogen functional groups attached to an aromatic ring is 1. The summed E-state index contributed by atoms with van der Waals surface area (Å²) in [7, 11) is -3.23. The number of hydrogen-bond donors (Lipinski definition) is 1. The van der Waals surface area contributed by atoms with E-state index in [1.165, 1.54) is 6.42 Å². The Morgan fingerprint density at radius 3 is 2.50 bits per heavy atom. The minimum atomic E-state index is -3.23. The third-order valence-electron chi connectivity index (χ3n) is 3.68. The van der Waals surface area contributed by atoms with Crippen LogP contribution in [0.15, 0.2) is 23.1 Å². The van der Waals surface area contributed by atoms with Crippen molar-refractivity contribution in [3.63, 3.8) is 0 Å². The van der Waals surface area contributed by atoms with Gasteiger partial charge in [0.1, 0.15) is 0 Å². The summed E-state index contributed by atoms with van der Waals surface area (Å²) in [5.74, 6) is 0.560. The van der Waals surface area contributed by atoms with E-state index in [-0.39, 0.29) is 5.75 Å². The van der Waals surface area contributed by atoms with Crippen LogP contribution in [-0.2, 0) is 9.84 Å². The predicted octanol–water partition coefficient (Wildman–Crippen LogP) is 2.93. The SMILES string of the molecule is Cc1ccc(S(=O)(=O)CC2CCCCC2)c(N)c1. The predicted molar refractivity (Wildman–Crippen MR) is 74.2 cm³/mol. The zero-order valence-electron chi connectivity index (χ0n) is 10.9. The molecule has 4 heteroatoms. The number of hydrogen-bond acceptors (Lipinski definition) is 3. The summed E-state index contributed by atoms with van der Waals surface area (Å²) in [6.07, 6.45) is 5.62. The molecule has 1 aromatic rings. The summed E-state index contributed by atoms with van der Waals surface area (Å²) in [5, 5.41) is 0. The Hall–Kier alpha value is -1.03. The van der Waals surface area contributed by atoms with E-state index in [1.54, 1.807) is 12.1 Å². The van der Waals surface area contributed by atoms with E-state index in [2.05, 4.69) is 0 Å². The molecule has 2 rings (SSSR count). The van der Waals surface area contributed by atoms with Gasteiger partial charge in [-0.25, -0.2) is 8.42 Å². The fraction of sp³-hybridized carbons (Fsp3) is 0.571. The fourth-order valence-electron chi connectivity index (χ4n) is 2.70. The van der Waals surface area contributed by atoms with Crippen LogP contribution in [0.2, 0.25) is 0 Å². The lowest BCUT2D eigenvalue weighted by molar-refractivity contribution is 0.385. The molecule has 3 nitrogen and oxygen atoms in total. The summed E-state index contributed by atoms with van der Waals surface area (Å²) >= 11 is 0. The van der Waals surface area contributed by atoms with Gasteiger partial charge in [-0.3, -0.25) is 0 Å². The molecule has 1 fully saturated rings. The summed E-state index contributed by atoms with van der Waals surface area (Å²) in [6.45, 7) is 1.91. The highest BCUT2D eigenvalue weighted by molar-refractivity contribution is 7.91. The fourth-order valence-corrected chi connectivity index (χ4v) is 4.53. The molecule has 0 unspecified atom stereocenters. The molecule has 1 saturated carbocycles. The number of rotatable bonds is 3. The molecule has 2 N–H and O–H groups in total. The van der Waals surface area contributed by atoms with E-state index in [4.69, 9.17) is 5.73 Å². The third kappa shape index (κ3) is 3.05. The van der Waals surface area contributed by atoms with Crippen molar-refractivity contribution in [3.8, 4) is 0 Å². The van der Waals surface area contributed by atoms with Crippen LogP contribution in [0.25, 0.3) is 0 Å². The van der Waals surface area contributed by atoms with Gasteiger partial charge in [-0.05, 0) is 43.4 Å². The van der Waals surface area contributed by atoms with Crippen LogP contribution in [-0.4, -0.2) is 14.2 Å². The molecule has 0 aromatic heterocycles. The van der Waals surface area contributed by atoms with Gasteiger partial charge >= 0.3 is 0 Å². The van der Waals surface area contributed by atoms with Crippen molar-refractivity contribution >= 4 is 15.5 Å². The van der Waals surface area contributed by atoms with E-state index >= 15 is 0 Å². The zero-order valence-corrected chi connectivity index (χ0v) is 11.7. The highest BCUT2D eigenvalue weighted by atomic mass is 32.2. The smallest absolute Gasteiger partial charge is 0.180 e. The lowest BCUT2D eigenvalue weighted by Gasteiger charge is -2.21. The zero-order chi connectivity index (χ0) is 13.2. The highest BCUT2D eigenvalue weighted by Gasteiger charge is 2.24. The number of aryl methyl sites for hydroxylation is 1. The average molecular weight is 267 g/mol. The monoisotopic (exact) mass is 267 g/mol. The van der Waals surface area contributed by atoms with Crippen molar-refractivity contribution in [2.24, 2.45) is 5.92 Å². The van der Waals surface area contributed by atoms with Gasteiger partial charge in [0.25, 0.3) is 0 Å². The van der Waals surface area contributed by atoms with Crippen LogP contribution < -0.4 is 5.73 Å². The van der Waals surface area contributed by atoms with Gasteiger partial charge in [-0.2, -0.15) is 0 Å². The molecule has 100 valence electrons. The molecule has 0 aliphatic heterocycles. The van der Waals surface area contributed by atoms with Gasteiger partial charge in [-0.15, -0.1) is 0 Å². The summed E-state index contributed by atoms with van der Waals surface area (Å²) in [5.41, 5.74) is 7.20. The van der Waals surface area contributed by atoms with Crippen LogP contribution in [0.5, 0.6) is 0 Å². The molecule has 1 aliphatic carbocycles. The van der Waals surface area contributed by atoms with Gasteiger partial charge in [-0.1, -0.05) is 25.3 Å². The Balaban J connectivity index is 2.19. The van der Waals surface area contributed by atoms with E-state index < -0.39 is 9.84 Å². The van der Waals surface area contributed by atoms with Crippen LogP contribution in [0.1, 0.15) is 37.7 Å². The number of anilines is 1. The maximum Gasteiger partial charge on any atom is 0.180 e.